The number of hydrogen-bond donors (Lipinski definition) is 0. The fourth-order valence-electron chi connectivity index (χ4n) is 17.8. The molecule has 0 N–H and O–H groups in total. The first-order valence-electron chi connectivity index (χ1n) is 34.2. The highest BCUT2D eigenvalue weighted by molar-refractivity contribution is 7.00. The molecule has 456 valence electrons. The third-order valence-corrected chi connectivity index (χ3v) is 23.9. The molecule has 0 saturated heterocycles. The minimum Gasteiger partial charge on any atom is -0.334 e. The molecule has 15 rings (SSSR count). The number of fused-ring (bicyclic) bond motifs is 9. The maximum Gasteiger partial charge on any atom is 0.252 e. The quantitative estimate of drug-likeness (QED) is 0.154. The molecule has 9 aromatic rings. The van der Waals surface area contributed by atoms with E-state index >= 15 is 0 Å². The lowest BCUT2D eigenvalue weighted by atomic mass is 9.33. The summed E-state index contributed by atoms with van der Waals surface area (Å²) < 4.78 is 0. The van der Waals surface area contributed by atoms with Crippen molar-refractivity contribution in [3.05, 3.63) is 221 Å². The molecule has 4 heteroatoms. The average Bonchev–Trinajstić information content (AvgIpc) is 1.15. The van der Waals surface area contributed by atoms with E-state index in [0.717, 1.165) is 32.1 Å². The minimum absolute atomic E-state index is 0.000166. The Labute approximate surface area is 540 Å². The zero-order chi connectivity index (χ0) is 63.0. The van der Waals surface area contributed by atoms with Crippen LogP contribution in [0.25, 0.3) is 33.4 Å². The first-order valence-corrected chi connectivity index (χ1v) is 34.2. The third kappa shape index (κ3) is 8.93. The van der Waals surface area contributed by atoms with Gasteiger partial charge in [0.15, 0.2) is 0 Å². The highest BCUT2D eigenvalue weighted by atomic mass is 15.3. The van der Waals surface area contributed by atoms with E-state index in [-0.39, 0.29) is 50.2 Å². The number of nitrogens with zero attached hydrogens (tertiary/aromatic N) is 3. The summed E-state index contributed by atoms with van der Waals surface area (Å²) in [7, 11) is 0. The van der Waals surface area contributed by atoms with Crippen LogP contribution in [0.5, 0.6) is 0 Å². The first kappa shape index (κ1) is 58.8. The Hall–Kier alpha value is -7.56. The zero-order valence-electron chi connectivity index (χ0n) is 56.9. The second-order valence-electron chi connectivity index (χ2n) is 33.4. The Morgan fingerprint density at radius 3 is 1.49 bits per heavy atom. The predicted molar refractivity (Wildman–Crippen MR) is 388 cm³/mol. The van der Waals surface area contributed by atoms with E-state index < -0.39 is 0 Å². The van der Waals surface area contributed by atoms with Gasteiger partial charge in [0, 0.05) is 50.8 Å². The van der Waals surface area contributed by atoms with Crippen molar-refractivity contribution in [3.8, 4) is 33.4 Å². The van der Waals surface area contributed by atoms with Crippen LogP contribution in [0.1, 0.15) is 201 Å². The molecule has 0 bridgehead atoms. The lowest BCUT2D eigenvalue weighted by Gasteiger charge is -2.51. The van der Waals surface area contributed by atoms with Gasteiger partial charge >= 0.3 is 0 Å². The van der Waals surface area contributed by atoms with Crippen molar-refractivity contribution in [1.82, 2.24) is 0 Å². The number of anilines is 8. The van der Waals surface area contributed by atoms with Crippen molar-refractivity contribution < 1.29 is 0 Å². The standard InChI is InChI=1S/C86H94BN3/c1-79(2,3)60-33-29-56(30-34-60)58-32-39-73-69(47-58)85(15)41-23-24-42-86(85,16)90(73)63-51-76-78-77(52-63)89(72-40-35-61(80(4,5)6)49-64(72)57-27-21-18-22-28-57)74-48-59(55-25-19-17-20-26-55)31-38-70(74)87(78)71-53-67-68(84(13,14)46-45-83(67,11)12)54-75(71)88(76)62-36-37-65-66(50-62)82(9,10)44-43-81(65,7)8/h17-22,25-40,47-54H,23-24,41-46H2,1-16H3. The van der Waals surface area contributed by atoms with Gasteiger partial charge in [0.1, 0.15) is 0 Å². The Morgan fingerprint density at radius 2 is 0.844 bits per heavy atom. The molecule has 9 aromatic carbocycles. The fraction of sp³-hybridized carbons (Fsp3) is 0.372. The molecule has 0 aromatic heterocycles. The molecule has 3 nitrogen and oxygen atoms in total. The molecule has 1 saturated carbocycles. The first-order chi connectivity index (χ1) is 42.6. The van der Waals surface area contributed by atoms with Crippen molar-refractivity contribution in [2.45, 2.75) is 206 Å². The van der Waals surface area contributed by atoms with Gasteiger partial charge < -0.3 is 14.7 Å². The Morgan fingerprint density at radius 1 is 0.333 bits per heavy atom. The van der Waals surface area contributed by atoms with Gasteiger partial charge in [-0.05, 0) is 222 Å². The summed E-state index contributed by atoms with van der Waals surface area (Å²) in [5.74, 6) is 0. The SMILES string of the molecule is CC(C)(C)c1ccc(-c2ccc3c(c2)C2(C)CCCCC2(C)N3c2cc3c4c(c2)N(c2ccc(C(C)(C)C)cc2-c2ccccc2)c2cc(-c5ccccc5)ccc2B4c2cc4c(cc2N3c2ccc3c(c2)C(C)(C)CCC3(C)C)C(C)(C)CCC4(C)C)cc1. The maximum atomic E-state index is 2.87. The summed E-state index contributed by atoms with van der Waals surface area (Å²) >= 11 is 0. The van der Waals surface area contributed by atoms with Gasteiger partial charge in [-0.1, -0.05) is 238 Å². The van der Waals surface area contributed by atoms with Gasteiger partial charge in [-0.2, -0.15) is 0 Å². The molecule has 3 heterocycles. The third-order valence-electron chi connectivity index (χ3n) is 23.9. The largest absolute Gasteiger partial charge is 0.334 e. The van der Waals surface area contributed by atoms with Gasteiger partial charge in [0.2, 0.25) is 0 Å². The molecule has 1 fully saturated rings. The van der Waals surface area contributed by atoms with E-state index in [4.69, 9.17) is 0 Å². The van der Waals surface area contributed by atoms with Crippen LogP contribution >= 0.6 is 0 Å². The van der Waals surface area contributed by atoms with Crippen molar-refractivity contribution in [3.63, 3.8) is 0 Å². The van der Waals surface area contributed by atoms with Gasteiger partial charge in [-0.3, -0.25) is 0 Å². The molecule has 2 unspecified atom stereocenters. The summed E-state index contributed by atoms with van der Waals surface area (Å²) in [5, 5.41) is 0. The molecular formula is C86H94BN3. The summed E-state index contributed by atoms with van der Waals surface area (Å²) in [6, 6.07) is 72.8. The van der Waals surface area contributed by atoms with Crippen LogP contribution < -0.4 is 31.1 Å². The van der Waals surface area contributed by atoms with Gasteiger partial charge in [-0.15, -0.1) is 0 Å². The van der Waals surface area contributed by atoms with Crippen LogP contribution in [0, 0.1) is 0 Å². The predicted octanol–water partition coefficient (Wildman–Crippen LogP) is 21.8. The lowest BCUT2D eigenvalue weighted by Crippen LogP contribution is -2.62. The van der Waals surface area contributed by atoms with Gasteiger partial charge in [0.25, 0.3) is 6.71 Å². The van der Waals surface area contributed by atoms with Gasteiger partial charge in [-0.25, -0.2) is 0 Å². The van der Waals surface area contributed by atoms with Gasteiger partial charge in [0.05, 0.1) is 11.2 Å². The van der Waals surface area contributed by atoms with Crippen LogP contribution in [0.3, 0.4) is 0 Å². The average molecular weight is 1180 g/mol. The molecule has 3 aliphatic heterocycles. The molecule has 2 atom stereocenters. The van der Waals surface area contributed by atoms with E-state index in [1.807, 2.05) is 0 Å². The number of benzene rings is 9. The van der Waals surface area contributed by atoms with Crippen LogP contribution in [-0.2, 0) is 37.9 Å². The molecule has 90 heavy (non-hydrogen) atoms. The van der Waals surface area contributed by atoms with Crippen LogP contribution in [0.4, 0.5) is 45.5 Å². The summed E-state index contributed by atoms with van der Waals surface area (Å²) in [4.78, 5) is 8.40. The van der Waals surface area contributed by atoms with E-state index in [1.165, 1.54) is 153 Å². The molecule has 0 amide bonds. The topological polar surface area (TPSA) is 9.72 Å². The molecule has 6 aliphatic rings. The molecule has 0 radical (unpaired) electrons. The minimum atomic E-state index is -0.225. The normalized spacial score (nSPS) is 21.3. The van der Waals surface area contributed by atoms with E-state index in [9.17, 15) is 0 Å². The summed E-state index contributed by atoms with van der Waals surface area (Å²) in [5.41, 5.74) is 31.6. The smallest absolute Gasteiger partial charge is 0.252 e. The Balaban J connectivity index is 1.08. The summed E-state index contributed by atoms with van der Waals surface area (Å²) in [6.45, 7) is 39.2. The van der Waals surface area contributed by atoms with Crippen molar-refractivity contribution in [2.75, 3.05) is 14.7 Å². The Bertz CT molecular complexity index is 4380. The van der Waals surface area contributed by atoms with Crippen LogP contribution in [0.2, 0.25) is 0 Å². The van der Waals surface area contributed by atoms with Crippen molar-refractivity contribution in [1.29, 1.82) is 0 Å². The van der Waals surface area contributed by atoms with E-state index in [1.54, 1.807) is 0 Å². The summed E-state index contributed by atoms with van der Waals surface area (Å²) in [6.07, 6.45) is 9.28. The number of hydrogen-bond acceptors (Lipinski definition) is 3. The van der Waals surface area contributed by atoms with E-state index in [2.05, 4.69) is 307 Å². The number of rotatable bonds is 6. The molecule has 3 aliphatic carbocycles. The van der Waals surface area contributed by atoms with E-state index in [0.29, 0.717) is 0 Å². The fourth-order valence-corrected chi connectivity index (χ4v) is 17.8. The lowest BCUT2D eigenvalue weighted by molar-refractivity contribution is 0.195. The highest BCUT2D eigenvalue weighted by Gasteiger charge is 2.58. The molecular weight excluding hydrogens is 1090 g/mol. The zero-order valence-corrected chi connectivity index (χ0v) is 56.9. The highest BCUT2D eigenvalue weighted by Crippen LogP contribution is 2.63. The van der Waals surface area contributed by atoms with Crippen LogP contribution in [0.15, 0.2) is 182 Å². The monoisotopic (exact) mass is 1180 g/mol. The maximum absolute atomic E-state index is 2.87. The van der Waals surface area contributed by atoms with Crippen LogP contribution in [-0.4, -0.2) is 12.3 Å². The van der Waals surface area contributed by atoms with Crippen molar-refractivity contribution >= 4 is 68.6 Å². The Kier molecular flexibility index (Phi) is 13.0. The van der Waals surface area contributed by atoms with Crippen molar-refractivity contribution in [2.24, 2.45) is 0 Å². The second-order valence-corrected chi connectivity index (χ2v) is 33.4. The second kappa shape index (κ2) is 20.0. The molecule has 0 spiro atoms.